The molecule has 0 radical (unpaired) electrons. The lowest BCUT2D eigenvalue weighted by molar-refractivity contribution is -0.0584. The predicted molar refractivity (Wildman–Crippen MR) is 66.8 cm³/mol. The highest BCUT2D eigenvalue weighted by atomic mass is 16.5. The Balaban J connectivity index is 1.97. The van der Waals surface area contributed by atoms with Crippen molar-refractivity contribution in [3.63, 3.8) is 0 Å². The van der Waals surface area contributed by atoms with Crippen LogP contribution >= 0.6 is 0 Å². The Morgan fingerprint density at radius 1 is 1.53 bits per heavy atom. The van der Waals surface area contributed by atoms with Crippen molar-refractivity contribution in [2.75, 3.05) is 19.7 Å². The highest BCUT2D eigenvalue weighted by molar-refractivity contribution is 5.78. The molecule has 5 heteroatoms. The molecule has 1 aliphatic heterocycles. The lowest BCUT2D eigenvalue weighted by Crippen LogP contribution is -2.55. The number of aliphatic hydroxyl groups is 1. The third kappa shape index (κ3) is 2.40. The number of guanidine groups is 1. The van der Waals surface area contributed by atoms with Crippen LogP contribution in [0.15, 0.2) is 4.99 Å². The molecule has 2 fully saturated rings. The predicted octanol–water partition coefficient (Wildman–Crippen LogP) is 0.181. The van der Waals surface area contributed by atoms with Crippen molar-refractivity contribution in [2.45, 2.75) is 45.4 Å². The van der Waals surface area contributed by atoms with E-state index < -0.39 is 0 Å². The summed E-state index contributed by atoms with van der Waals surface area (Å²) in [5.41, 5.74) is 5.88. The van der Waals surface area contributed by atoms with E-state index in [-0.39, 0.29) is 23.7 Å². The number of ether oxygens (including phenoxy) is 1. The van der Waals surface area contributed by atoms with Crippen molar-refractivity contribution in [1.29, 1.82) is 0 Å². The second kappa shape index (κ2) is 4.46. The van der Waals surface area contributed by atoms with Gasteiger partial charge in [-0.05, 0) is 13.3 Å². The van der Waals surface area contributed by atoms with Gasteiger partial charge in [0.25, 0.3) is 0 Å². The first-order valence-corrected chi connectivity index (χ1v) is 6.29. The normalized spacial score (nSPS) is 37.8. The first-order chi connectivity index (χ1) is 7.91. The third-order valence-electron chi connectivity index (χ3n) is 4.02. The fraction of sp³-hybridized carbons (Fsp3) is 0.917. The summed E-state index contributed by atoms with van der Waals surface area (Å²) in [7, 11) is 0. The number of hydrogen-bond acceptors (Lipinski definition) is 3. The molecule has 0 aromatic carbocycles. The minimum absolute atomic E-state index is 0.135. The molecule has 0 aromatic heterocycles. The topological polar surface area (TPSA) is 71.1 Å². The number of nitrogens with zero attached hydrogens (tertiary/aromatic N) is 2. The molecule has 5 nitrogen and oxygen atoms in total. The van der Waals surface area contributed by atoms with Crippen LogP contribution in [-0.4, -0.2) is 53.9 Å². The fourth-order valence-electron chi connectivity index (χ4n) is 2.37. The lowest BCUT2D eigenvalue weighted by atomic mass is 9.65. The summed E-state index contributed by atoms with van der Waals surface area (Å²) in [6.07, 6.45) is 0.665. The Kier molecular flexibility index (Phi) is 3.32. The molecule has 3 atom stereocenters. The van der Waals surface area contributed by atoms with Crippen LogP contribution in [0.1, 0.15) is 27.2 Å². The summed E-state index contributed by atoms with van der Waals surface area (Å²) in [6.45, 7) is 8.40. The van der Waals surface area contributed by atoms with Crippen LogP contribution in [0.4, 0.5) is 0 Å². The van der Waals surface area contributed by atoms with Crippen LogP contribution in [0, 0.1) is 5.41 Å². The second-order valence-corrected chi connectivity index (χ2v) is 5.70. The maximum absolute atomic E-state index is 9.67. The van der Waals surface area contributed by atoms with Gasteiger partial charge in [0.2, 0.25) is 0 Å². The molecule has 98 valence electrons. The van der Waals surface area contributed by atoms with E-state index in [1.54, 1.807) is 0 Å². The molecule has 3 N–H and O–H groups in total. The van der Waals surface area contributed by atoms with Crippen molar-refractivity contribution in [2.24, 2.45) is 16.1 Å². The van der Waals surface area contributed by atoms with Crippen LogP contribution in [0.2, 0.25) is 0 Å². The average Bonchev–Trinajstić information content (AvgIpc) is 2.28. The summed E-state index contributed by atoms with van der Waals surface area (Å²) in [5.74, 6) is 0.588. The van der Waals surface area contributed by atoms with Gasteiger partial charge < -0.3 is 20.5 Å². The van der Waals surface area contributed by atoms with Crippen molar-refractivity contribution < 1.29 is 9.84 Å². The first-order valence-electron chi connectivity index (χ1n) is 6.29. The Morgan fingerprint density at radius 3 is 2.76 bits per heavy atom. The fourth-order valence-corrected chi connectivity index (χ4v) is 2.37. The van der Waals surface area contributed by atoms with Crippen LogP contribution in [0.3, 0.4) is 0 Å². The third-order valence-corrected chi connectivity index (χ3v) is 4.02. The number of aliphatic hydroxyl groups excluding tert-OH is 1. The monoisotopic (exact) mass is 241 g/mol. The molecule has 1 heterocycles. The Labute approximate surface area is 103 Å². The van der Waals surface area contributed by atoms with Gasteiger partial charge in [0.05, 0.1) is 24.9 Å². The number of hydrogen-bond donors (Lipinski definition) is 2. The number of morpholine rings is 1. The highest BCUT2D eigenvalue weighted by Gasteiger charge is 2.47. The summed E-state index contributed by atoms with van der Waals surface area (Å²) in [5, 5.41) is 9.67. The van der Waals surface area contributed by atoms with E-state index in [1.807, 2.05) is 20.8 Å². The molecule has 17 heavy (non-hydrogen) atoms. The van der Waals surface area contributed by atoms with E-state index >= 15 is 0 Å². The van der Waals surface area contributed by atoms with Crippen molar-refractivity contribution in [1.82, 2.24) is 4.90 Å². The zero-order chi connectivity index (χ0) is 12.6. The quantitative estimate of drug-likeness (QED) is 0.507. The second-order valence-electron chi connectivity index (χ2n) is 5.70. The minimum atomic E-state index is -0.257. The Morgan fingerprint density at radius 2 is 2.24 bits per heavy atom. The Bertz CT molecular complexity index is 317. The van der Waals surface area contributed by atoms with Gasteiger partial charge in [-0.2, -0.15) is 0 Å². The molecule has 0 spiro atoms. The minimum Gasteiger partial charge on any atom is -0.392 e. The maximum Gasteiger partial charge on any atom is 0.191 e. The van der Waals surface area contributed by atoms with Crippen molar-refractivity contribution in [3.05, 3.63) is 0 Å². The molecular formula is C12H23N3O2. The van der Waals surface area contributed by atoms with Gasteiger partial charge in [-0.1, -0.05) is 13.8 Å². The van der Waals surface area contributed by atoms with E-state index in [4.69, 9.17) is 10.5 Å². The summed E-state index contributed by atoms with van der Waals surface area (Å²) in [6, 6.07) is 0.135. The SMILES string of the molecule is CC1CN(C(N)=NC2CC(O)C2(C)C)CCO1. The zero-order valence-corrected chi connectivity index (χ0v) is 10.9. The summed E-state index contributed by atoms with van der Waals surface area (Å²) in [4.78, 5) is 6.61. The maximum atomic E-state index is 9.67. The van der Waals surface area contributed by atoms with Gasteiger partial charge in [-0.15, -0.1) is 0 Å². The van der Waals surface area contributed by atoms with Crippen LogP contribution in [-0.2, 0) is 4.74 Å². The molecule has 0 amide bonds. The van der Waals surface area contributed by atoms with Gasteiger partial charge in [-0.25, -0.2) is 4.99 Å². The number of aliphatic imine (C=N–C) groups is 1. The standard InChI is InChI=1S/C12H23N3O2/c1-8-7-15(4-5-17-8)11(13)14-9-6-10(16)12(9,2)3/h8-10,16H,4-7H2,1-3H3,(H2,13,14). The first kappa shape index (κ1) is 12.6. The van der Waals surface area contributed by atoms with Gasteiger partial charge in [0, 0.05) is 18.5 Å². The van der Waals surface area contributed by atoms with E-state index in [2.05, 4.69) is 9.89 Å². The number of nitrogens with two attached hydrogens (primary N) is 1. The molecule has 0 aromatic rings. The van der Waals surface area contributed by atoms with Crippen molar-refractivity contribution in [3.8, 4) is 0 Å². The van der Waals surface area contributed by atoms with Crippen molar-refractivity contribution >= 4 is 5.96 Å². The number of rotatable bonds is 1. The highest BCUT2D eigenvalue weighted by Crippen LogP contribution is 2.42. The largest absolute Gasteiger partial charge is 0.392 e. The van der Waals surface area contributed by atoms with Gasteiger partial charge in [-0.3, -0.25) is 0 Å². The van der Waals surface area contributed by atoms with Gasteiger partial charge >= 0.3 is 0 Å². The molecule has 1 saturated carbocycles. The van der Waals surface area contributed by atoms with Gasteiger partial charge in [0.1, 0.15) is 0 Å². The molecule has 0 bridgehead atoms. The van der Waals surface area contributed by atoms with Gasteiger partial charge in [0.15, 0.2) is 5.96 Å². The van der Waals surface area contributed by atoms with E-state index in [0.717, 1.165) is 13.1 Å². The molecule has 1 saturated heterocycles. The molecular weight excluding hydrogens is 218 g/mol. The summed E-state index contributed by atoms with van der Waals surface area (Å²) < 4.78 is 5.47. The van der Waals surface area contributed by atoms with Crippen LogP contribution < -0.4 is 5.73 Å². The van der Waals surface area contributed by atoms with E-state index in [9.17, 15) is 5.11 Å². The summed E-state index contributed by atoms with van der Waals surface area (Å²) >= 11 is 0. The van der Waals surface area contributed by atoms with Crippen LogP contribution in [0.25, 0.3) is 0 Å². The van der Waals surface area contributed by atoms with E-state index in [1.165, 1.54) is 0 Å². The zero-order valence-electron chi connectivity index (χ0n) is 10.9. The molecule has 1 aliphatic carbocycles. The molecule has 2 aliphatic rings. The smallest absolute Gasteiger partial charge is 0.191 e. The van der Waals surface area contributed by atoms with E-state index in [0.29, 0.717) is 19.0 Å². The average molecular weight is 241 g/mol. The lowest BCUT2D eigenvalue weighted by Gasteiger charge is -2.47. The molecule has 3 unspecified atom stereocenters. The molecule has 2 rings (SSSR count). The van der Waals surface area contributed by atoms with Crippen LogP contribution in [0.5, 0.6) is 0 Å². The Hall–Kier alpha value is -0.810.